The molecule has 0 spiro atoms. The molecular weight excluding hydrogens is 403 g/mol. The van der Waals surface area contributed by atoms with E-state index in [0.717, 1.165) is 23.1 Å². The number of aryl methyl sites for hydroxylation is 1. The van der Waals surface area contributed by atoms with Crippen LogP contribution < -0.4 is 16.0 Å². The minimum absolute atomic E-state index is 0.0746. The highest BCUT2D eigenvalue weighted by Gasteiger charge is 2.35. The summed E-state index contributed by atoms with van der Waals surface area (Å²) in [6.07, 6.45) is -5.92. The second-order valence-electron chi connectivity index (χ2n) is 6.79. The van der Waals surface area contributed by atoms with E-state index >= 15 is 0 Å². The monoisotopic (exact) mass is 421 g/mol. The lowest BCUT2D eigenvalue weighted by Gasteiger charge is -2.31. The number of nitrogens with one attached hydrogen (secondary N) is 1. The Morgan fingerprint density at radius 1 is 1.23 bits per heavy atom. The Morgan fingerprint density at radius 2 is 1.93 bits per heavy atom. The average Bonchev–Trinajstić information content (AvgIpc) is 2.67. The number of hydrogen-bond donors (Lipinski definition) is 2. The average molecular weight is 421 g/mol. The molecule has 30 heavy (non-hydrogen) atoms. The minimum Gasteiger partial charge on any atom is -0.449 e. The van der Waals surface area contributed by atoms with Crippen LogP contribution in [0.4, 0.5) is 30.2 Å². The largest absolute Gasteiger partial charge is 0.449 e. The van der Waals surface area contributed by atoms with Crippen molar-refractivity contribution in [3.8, 4) is 0 Å². The molecule has 1 aliphatic rings. The molecule has 10 heteroatoms. The van der Waals surface area contributed by atoms with Crippen molar-refractivity contribution in [2.24, 2.45) is 0 Å². The zero-order valence-electron chi connectivity index (χ0n) is 16.0. The molecule has 3 rings (SSSR count). The first-order chi connectivity index (χ1) is 14.0. The third-order valence-electron chi connectivity index (χ3n) is 4.63. The Hall–Kier alpha value is -3.56. The molecular formula is C20H18F3N3O4. The third kappa shape index (κ3) is 4.07. The number of alkyl halides is 3. The van der Waals surface area contributed by atoms with Gasteiger partial charge in [-0.1, -0.05) is 12.1 Å². The highest BCUT2D eigenvalue weighted by molar-refractivity contribution is 6.11. The van der Waals surface area contributed by atoms with Gasteiger partial charge >= 0.3 is 12.1 Å². The van der Waals surface area contributed by atoms with Crippen molar-refractivity contribution in [2.45, 2.75) is 26.1 Å². The van der Waals surface area contributed by atoms with E-state index in [1.165, 1.54) is 13.0 Å². The van der Waals surface area contributed by atoms with Gasteiger partial charge in [-0.25, -0.2) is 4.79 Å². The van der Waals surface area contributed by atoms with Gasteiger partial charge in [-0.05, 0) is 43.7 Å². The first-order valence-electron chi connectivity index (χ1n) is 8.87. The first-order valence-corrected chi connectivity index (χ1v) is 8.87. The van der Waals surface area contributed by atoms with Crippen LogP contribution in [0, 0.1) is 6.92 Å². The van der Waals surface area contributed by atoms with Crippen molar-refractivity contribution >= 4 is 34.8 Å². The lowest BCUT2D eigenvalue weighted by molar-refractivity contribution is -0.137. The highest BCUT2D eigenvalue weighted by Crippen LogP contribution is 2.37. The Morgan fingerprint density at radius 3 is 2.60 bits per heavy atom. The summed E-state index contributed by atoms with van der Waals surface area (Å²) >= 11 is 0. The standard InChI is InChI=1S/C20H18F3N3O4/c1-10-4-3-5-13(17(10)24)19(29)30-11(2)18(28)26-9-16(27)25-14-8-12(20(21,22)23)6-7-15(14)26/h3-8,11H,9,24H2,1-2H3,(H,25,27)/t11-/m0/s1. The van der Waals surface area contributed by atoms with Crippen LogP contribution in [0.15, 0.2) is 36.4 Å². The maximum Gasteiger partial charge on any atom is 0.416 e. The molecule has 0 aromatic heterocycles. The number of nitrogens with zero attached hydrogens (tertiary/aromatic N) is 1. The van der Waals surface area contributed by atoms with Crippen LogP contribution in [0.5, 0.6) is 0 Å². The van der Waals surface area contributed by atoms with Crippen LogP contribution in [0.25, 0.3) is 0 Å². The summed E-state index contributed by atoms with van der Waals surface area (Å²) in [5.74, 6) is -2.26. The third-order valence-corrected chi connectivity index (χ3v) is 4.63. The fourth-order valence-electron chi connectivity index (χ4n) is 3.02. The van der Waals surface area contributed by atoms with Gasteiger partial charge in [0.2, 0.25) is 5.91 Å². The smallest absolute Gasteiger partial charge is 0.416 e. The van der Waals surface area contributed by atoms with Gasteiger partial charge in [-0.15, -0.1) is 0 Å². The number of halogens is 3. The zero-order valence-corrected chi connectivity index (χ0v) is 16.0. The molecule has 158 valence electrons. The fraction of sp³-hybridized carbons (Fsp3) is 0.250. The van der Waals surface area contributed by atoms with E-state index in [4.69, 9.17) is 10.5 Å². The lowest BCUT2D eigenvalue weighted by Crippen LogP contribution is -2.47. The summed E-state index contributed by atoms with van der Waals surface area (Å²) in [6, 6.07) is 7.40. The van der Waals surface area contributed by atoms with E-state index in [0.29, 0.717) is 5.56 Å². The Bertz CT molecular complexity index is 1040. The minimum atomic E-state index is -4.61. The van der Waals surface area contributed by atoms with Crippen LogP contribution in [-0.4, -0.2) is 30.4 Å². The molecule has 0 radical (unpaired) electrons. The van der Waals surface area contributed by atoms with Crippen molar-refractivity contribution in [1.29, 1.82) is 0 Å². The van der Waals surface area contributed by atoms with Crippen molar-refractivity contribution in [2.75, 3.05) is 22.5 Å². The van der Waals surface area contributed by atoms with Crippen molar-refractivity contribution in [3.63, 3.8) is 0 Å². The van der Waals surface area contributed by atoms with Gasteiger partial charge in [0.25, 0.3) is 5.91 Å². The second-order valence-corrected chi connectivity index (χ2v) is 6.79. The molecule has 0 unspecified atom stereocenters. The van der Waals surface area contributed by atoms with E-state index in [9.17, 15) is 27.6 Å². The number of nitrogens with two attached hydrogens (primary N) is 1. The molecule has 0 bridgehead atoms. The van der Waals surface area contributed by atoms with E-state index in [1.54, 1.807) is 19.1 Å². The second kappa shape index (κ2) is 7.69. The van der Waals surface area contributed by atoms with Crippen LogP contribution in [0.1, 0.15) is 28.4 Å². The highest BCUT2D eigenvalue weighted by atomic mass is 19.4. The number of amides is 2. The van der Waals surface area contributed by atoms with Crippen LogP contribution >= 0.6 is 0 Å². The van der Waals surface area contributed by atoms with E-state index in [2.05, 4.69) is 5.32 Å². The quantitative estimate of drug-likeness (QED) is 0.586. The van der Waals surface area contributed by atoms with Gasteiger partial charge in [0.05, 0.1) is 22.5 Å². The number of ether oxygens (including phenoxy) is 1. The number of hydrogen-bond acceptors (Lipinski definition) is 5. The van der Waals surface area contributed by atoms with Gasteiger partial charge in [0.15, 0.2) is 6.10 Å². The Balaban J connectivity index is 1.84. The molecule has 7 nitrogen and oxygen atoms in total. The molecule has 0 fully saturated rings. The number of rotatable bonds is 3. The lowest BCUT2D eigenvalue weighted by atomic mass is 10.1. The number of para-hydroxylation sites is 1. The molecule has 3 N–H and O–H groups in total. The van der Waals surface area contributed by atoms with Gasteiger partial charge < -0.3 is 15.8 Å². The molecule has 0 saturated carbocycles. The maximum absolute atomic E-state index is 12.9. The molecule has 2 aromatic carbocycles. The predicted molar refractivity (Wildman–Crippen MR) is 103 cm³/mol. The number of anilines is 3. The summed E-state index contributed by atoms with van der Waals surface area (Å²) in [6.45, 7) is 2.59. The number of carbonyl (C=O) groups excluding carboxylic acids is 3. The SMILES string of the molecule is Cc1cccc(C(=O)O[C@@H](C)C(=O)N2CC(=O)Nc3cc(C(F)(F)F)ccc32)c1N. The Labute approximate surface area is 169 Å². The van der Waals surface area contributed by atoms with E-state index in [-0.39, 0.29) is 22.6 Å². The molecule has 0 saturated heterocycles. The Kier molecular flexibility index (Phi) is 5.43. The predicted octanol–water partition coefficient (Wildman–Crippen LogP) is 3.13. The normalized spacial score (nSPS) is 14.6. The molecule has 2 aromatic rings. The molecule has 1 heterocycles. The number of fused-ring (bicyclic) bond motifs is 1. The van der Waals surface area contributed by atoms with Gasteiger partial charge in [-0.3, -0.25) is 14.5 Å². The molecule has 2 amide bonds. The number of nitrogen functional groups attached to an aromatic ring is 1. The molecule has 1 aliphatic heterocycles. The van der Waals surface area contributed by atoms with E-state index in [1.807, 2.05) is 0 Å². The number of esters is 1. The summed E-state index contributed by atoms with van der Waals surface area (Å²) < 4.78 is 44.0. The van der Waals surface area contributed by atoms with Crippen LogP contribution in [0.3, 0.4) is 0 Å². The van der Waals surface area contributed by atoms with Gasteiger partial charge in [-0.2, -0.15) is 13.2 Å². The fourth-order valence-corrected chi connectivity index (χ4v) is 3.02. The topological polar surface area (TPSA) is 102 Å². The molecule has 1 atom stereocenters. The van der Waals surface area contributed by atoms with Crippen LogP contribution in [-0.2, 0) is 20.5 Å². The van der Waals surface area contributed by atoms with Crippen molar-refractivity contribution < 1.29 is 32.3 Å². The summed E-state index contributed by atoms with van der Waals surface area (Å²) in [7, 11) is 0. The molecule has 0 aliphatic carbocycles. The number of benzene rings is 2. The summed E-state index contributed by atoms with van der Waals surface area (Å²) in [5.41, 5.74) is 5.77. The first kappa shape index (κ1) is 21.2. The summed E-state index contributed by atoms with van der Waals surface area (Å²) in [4.78, 5) is 38.1. The van der Waals surface area contributed by atoms with Gasteiger partial charge in [0, 0.05) is 5.69 Å². The van der Waals surface area contributed by atoms with Crippen LogP contribution in [0.2, 0.25) is 0 Å². The van der Waals surface area contributed by atoms with Crippen molar-refractivity contribution in [1.82, 2.24) is 0 Å². The maximum atomic E-state index is 12.9. The number of carbonyl (C=O) groups is 3. The van der Waals surface area contributed by atoms with Gasteiger partial charge in [0.1, 0.15) is 6.54 Å². The summed E-state index contributed by atoms with van der Waals surface area (Å²) in [5, 5.41) is 2.32. The van der Waals surface area contributed by atoms with Crippen molar-refractivity contribution in [3.05, 3.63) is 53.1 Å². The zero-order chi connectivity index (χ0) is 22.2. The van der Waals surface area contributed by atoms with E-state index < -0.39 is 42.2 Å².